The minimum Gasteiger partial charge on any atom is -0.310 e. The van der Waals surface area contributed by atoms with Crippen molar-refractivity contribution in [2.75, 3.05) is 6.54 Å². The van der Waals surface area contributed by atoms with Gasteiger partial charge in [-0.05, 0) is 50.4 Å². The first-order chi connectivity index (χ1) is 7.61. The molecule has 0 bridgehead atoms. The highest BCUT2D eigenvalue weighted by molar-refractivity contribution is 5.35. The number of hydrogen-bond donors (Lipinski definition) is 1. The molecule has 0 aromatic heterocycles. The predicted octanol–water partition coefficient (Wildman–Crippen LogP) is 3.40. The van der Waals surface area contributed by atoms with Crippen LogP contribution in [0.1, 0.15) is 42.0 Å². The van der Waals surface area contributed by atoms with Gasteiger partial charge in [0.05, 0.1) is 0 Å². The van der Waals surface area contributed by atoms with E-state index in [-0.39, 0.29) is 11.6 Å². The molecule has 0 amide bonds. The van der Waals surface area contributed by atoms with E-state index in [9.17, 15) is 8.78 Å². The number of nitrogens with one attached hydrogen (secondary N) is 1. The minimum atomic E-state index is -0.439. The zero-order chi connectivity index (χ0) is 11.7. The van der Waals surface area contributed by atoms with Gasteiger partial charge in [-0.15, -0.1) is 0 Å². The van der Waals surface area contributed by atoms with Crippen molar-refractivity contribution < 1.29 is 8.78 Å². The quantitative estimate of drug-likeness (QED) is 0.772. The van der Waals surface area contributed by atoms with E-state index in [1.807, 2.05) is 0 Å². The Hall–Kier alpha value is -0.960. The normalized spacial score (nSPS) is 21.1. The molecule has 0 radical (unpaired) electrons. The largest absolute Gasteiger partial charge is 0.310 e. The van der Waals surface area contributed by atoms with Crippen LogP contribution in [-0.2, 0) is 0 Å². The maximum atomic E-state index is 13.7. The van der Waals surface area contributed by atoms with Crippen LogP contribution < -0.4 is 5.32 Å². The van der Waals surface area contributed by atoms with Gasteiger partial charge in [0, 0.05) is 11.6 Å². The van der Waals surface area contributed by atoms with Crippen LogP contribution in [0.5, 0.6) is 0 Å². The molecule has 3 heteroatoms. The second-order valence-electron chi connectivity index (χ2n) is 4.51. The van der Waals surface area contributed by atoms with Gasteiger partial charge >= 0.3 is 0 Å². The summed E-state index contributed by atoms with van der Waals surface area (Å²) in [6, 6.07) is 1.59. The van der Waals surface area contributed by atoms with Gasteiger partial charge in [-0.1, -0.05) is 6.42 Å². The standard InChI is InChI=1S/C13H17F2N/c1-8-10(12-5-3-4-6-16-12)7-11(14)9(2)13(8)15/h7,12,16H,3-6H2,1-2H3. The lowest BCUT2D eigenvalue weighted by Crippen LogP contribution is -2.27. The van der Waals surface area contributed by atoms with Crippen LogP contribution in [-0.4, -0.2) is 6.54 Å². The summed E-state index contributed by atoms with van der Waals surface area (Å²) in [5.41, 5.74) is 1.48. The summed E-state index contributed by atoms with van der Waals surface area (Å²) < 4.78 is 27.2. The fraction of sp³-hybridized carbons (Fsp3) is 0.538. The van der Waals surface area contributed by atoms with Gasteiger partial charge in [-0.25, -0.2) is 8.78 Å². The Balaban J connectivity index is 2.40. The fourth-order valence-corrected chi connectivity index (χ4v) is 2.35. The highest BCUT2D eigenvalue weighted by atomic mass is 19.1. The number of piperidine rings is 1. The molecule has 0 aliphatic carbocycles. The Kier molecular flexibility index (Phi) is 3.24. The van der Waals surface area contributed by atoms with Gasteiger partial charge in [-0.3, -0.25) is 0 Å². The van der Waals surface area contributed by atoms with E-state index in [1.54, 1.807) is 6.92 Å². The summed E-state index contributed by atoms with van der Waals surface area (Å²) in [5, 5.41) is 3.32. The van der Waals surface area contributed by atoms with Crippen LogP contribution in [0.3, 0.4) is 0 Å². The van der Waals surface area contributed by atoms with Crippen LogP contribution in [0.4, 0.5) is 8.78 Å². The van der Waals surface area contributed by atoms with Crippen LogP contribution in [0.25, 0.3) is 0 Å². The molecule has 1 unspecified atom stereocenters. The molecule has 16 heavy (non-hydrogen) atoms. The smallest absolute Gasteiger partial charge is 0.132 e. The van der Waals surface area contributed by atoms with Crippen molar-refractivity contribution in [2.24, 2.45) is 0 Å². The molecule has 1 saturated heterocycles. The molecule has 1 aromatic carbocycles. The summed E-state index contributed by atoms with van der Waals surface area (Å²) in [7, 11) is 0. The average molecular weight is 225 g/mol. The first-order valence-electron chi connectivity index (χ1n) is 5.79. The van der Waals surface area contributed by atoms with E-state index in [0.717, 1.165) is 31.4 Å². The molecule has 1 atom stereocenters. The van der Waals surface area contributed by atoms with E-state index in [4.69, 9.17) is 0 Å². The third kappa shape index (κ3) is 1.96. The fourth-order valence-electron chi connectivity index (χ4n) is 2.35. The van der Waals surface area contributed by atoms with Gasteiger partial charge < -0.3 is 5.32 Å². The van der Waals surface area contributed by atoms with E-state index >= 15 is 0 Å². The molecule has 0 spiro atoms. The third-order valence-corrected chi connectivity index (χ3v) is 3.42. The molecule has 1 nitrogen and oxygen atoms in total. The van der Waals surface area contributed by atoms with Gasteiger partial charge in [0.2, 0.25) is 0 Å². The maximum Gasteiger partial charge on any atom is 0.132 e. The van der Waals surface area contributed by atoms with Gasteiger partial charge in [0.25, 0.3) is 0 Å². The third-order valence-electron chi connectivity index (χ3n) is 3.42. The second kappa shape index (κ2) is 4.50. The van der Waals surface area contributed by atoms with Gasteiger partial charge in [0.1, 0.15) is 11.6 Å². The van der Waals surface area contributed by atoms with Crippen molar-refractivity contribution in [1.29, 1.82) is 0 Å². The number of benzene rings is 1. The summed E-state index contributed by atoms with van der Waals surface area (Å²) in [4.78, 5) is 0. The molecular formula is C13H17F2N. The highest BCUT2D eigenvalue weighted by Gasteiger charge is 2.20. The zero-order valence-corrected chi connectivity index (χ0v) is 9.74. The van der Waals surface area contributed by atoms with Crippen LogP contribution in [0.15, 0.2) is 6.07 Å². The molecular weight excluding hydrogens is 208 g/mol. The Labute approximate surface area is 94.9 Å². The predicted molar refractivity (Wildman–Crippen MR) is 60.4 cm³/mol. The van der Waals surface area contributed by atoms with E-state index < -0.39 is 11.6 Å². The summed E-state index contributed by atoms with van der Waals surface area (Å²) in [6.07, 6.45) is 3.23. The Morgan fingerprint density at radius 1 is 1.19 bits per heavy atom. The summed E-state index contributed by atoms with van der Waals surface area (Å²) in [6.45, 7) is 4.14. The lowest BCUT2D eigenvalue weighted by Gasteiger charge is -2.25. The van der Waals surface area contributed by atoms with Crippen molar-refractivity contribution in [1.82, 2.24) is 5.32 Å². The summed E-state index contributed by atoms with van der Waals surface area (Å²) >= 11 is 0. The van der Waals surface area contributed by atoms with Crippen LogP contribution in [0, 0.1) is 25.5 Å². The van der Waals surface area contributed by atoms with E-state index in [2.05, 4.69) is 5.32 Å². The van der Waals surface area contributed by atoms with Crippen molar-refractivity contribution in [3.05, 3.63) is 34.4 Å². The highest BCUT2D eigenvalue weighted by Crippen LogP contribution is 2.29. The molecule has 1 aliphatic heterocycles. The average Bonchev–Trinajstić information content (AvgIpc) is 2.32. The Morgan fingerprint density at radius 2 is 1.94 bits per heavy atom. The monoisotopic (exact) mass is 225 g/mol. The lowest BCUT2D eigenvalue weighted by atomic mass is 9.92. The second-order valence-corrected chi connectivity index (χ2v) is 4.51. The molecule has 1 heterocycles. The molecule has 1 aliphatic rings. The van der Waals surface area contributed by atoms with Crippen LogP contribution in [0.2, 0.25) is 0 Å². The van der Waals surface area contributed by atoms with Gasteiger partial charge in [-0.2, -0.15) is 0 Å². The first-order valence-corrected chi connectivity index (χ1v) is 5.79. The zero-order valence-electron chi connectivity index (χ0n) is 9.74. The van der Waals surface area contributed by atoms with Crippen molar-refractivity contribution in [3.8, 4) is 0 Å². The molecule has 2 rings (SSSR count). The molecule has 0 saturated carbocycles. The Morgan fingerprint density at radius 3 is 2.56 bits per heavy atom. The van der Waals surface area contributed by atoms with Gasteiger partial charge in [0.15, 0.2) is 0 Å². The maximum absolute atomic E-state index is 13.7. The first kappa shape index (κ1) is 11.5. The lowest BCUT2D eigenvalue weighted by molar-refractivity contribution is 0.406. The minimum absolute atomic E-state index is 0.110. The topological polar surface area (TPSA) is 12.0 Å². The van der Waals surface area contributed by atoms with E-state index in [0.29, 0.717) is 5.56 Å². The van der Waals surface area contributed by atoms with Crippen molar-refractivity contribution in [3.63, 3.8) is 0 Å². The molecule has 1 aromatic rings. The molecule has 1 N–H and O–H groups in total. The van der Waals surface area contributed by atoms with E-state index in [1.165, 1.54) is 13.0 Å². The van der Waals surface area contributed by atoms with Crippen LogP contribution >= 0.6 is 0 Å². The number of halogens is 2. The molecule has 88 valence electrons. The summed E-state index contributed by atoms with van der Waals surface area (Å²) in [5.74, 6) is -0.840. The number of rotatable bonds is 1. The number of hydrogen-bond acceptors (Lipinski definition) is 1. The SMILES string of the molecule is Cc1c(F)cc(C2CCCCN2)c(C)c1F. The van der Waals surface area contributed by atoms with Crippen molar-refractivity contribution in [2.45, 2.75) is 39.2 Å². The molecule has 1 fully saturated rings. The van der Waals surface area contributed by atoms with Crippen molar-refractivity contribution >= 4 is 0 Å². The Bertz CT molecular complexity index is 395.